The molecule has 0 atom stereocenters. The standard InChI is InChI=1S/C26H32N4O4/c1-33-24-15-19(14-23(32)26(24)22(31)13-18-3-4-18)21-17-28-25-16-20(5-9-30(21)25)34-12-2-8-29-10-6-27-7-11-29/h5,9,14-18,27,32H,2-4,6-8,10-13H2,1H3. The van der Waals surface area contributed by atoms with E-state index in [1.807, 2.05) is 22.7 Å². The molecule has 2 aliphatic rings. The maximum absolute atomic E-state index is 12.7. The van der Waals surface area contributed by atoms with Crippen LogP contribution in [-0.4, -0.2) is 71.6 Å². The maximum atomic E-state index is 12.7. The molecule has 1 saturated heterocycles. The van der Waals surface area contributed by atoms with Crippen LogP contribution in [0.4, 0.5) is 0 Å². The molecule has 2 fully saturated rings. The van der Waals surface area contributed by atoms with Crippen molar-refractivity contribution >= 4 is 11.4 Å². The van der Waals surface area contributed by atoms with E-state index in [0.717, 1.165) is 74.6 Å². The number of nitrogens with zero attached hydrogens (tertiary/aromatic N) is 3. The second kappa shape index (κ2) is 10.0. The van der Waals surface area contributed by atoms with Gasteiger partial charge in [-0.3, -0.25) is 9.20 Å². The van der Waals surface area contributed by atoms with Crippen LogP contribution < -0.4 is 14.8 Å². The van der Waals surface area contributed by atoms with Gasteiger partial charge in [-0.15, -0.1) is 0 Å². The van der Waals surface area contributed by atoms with Gasteiger partial charge >= 0.3 is 0 Å². The molecule has 1 aromatic carbocycles. The largest absolute Gasteiger partial charge is 0.507 e. The van der Waals surface area contributed by atoms with E-state index < -0.39 is 0 Å². The summed E-state index contributed by atoms with van der Waals surface area (Å²) < 4.78 is 13.4. The Morgan fingerprint density at radius 3 is 2.82 bits per heavy atom. The zero-order valence-electron chi connectivity index (χ0n) is 19.6. The number of nitrogens with one attached hydrogen (secondary N) is 1. The van der Waals surface area contributed by atoms with E-state index in [1.54, 1.807) is 18.3 Å². The Kier molecular flexibility index (Phi) is 6.69. The van der Waals surface area contributed by atoms with Gasteiger partial charge in [0, 0.05) is 57.0 Å². The molecule has 0 bridgehead atoms. The van der Waals surface area contributed by atoms with Crippen LogP contribution in [0.5, 0.6) is 17.2 Å². The fourth-order valence-electron chi connectivity index (χ4n) is 4.55. The minimum Gasteiger partial charge on any atom is -0.507 e. The number of fused-ring (bicyclic) bond motifs is 1. The molecule has 2 aromatic heterocycles. The van der Waals surface area contributed by atoms with Crippen LogP contribution in [0.2, 0.25) is 0 Å². The third-order valence-corrected chi connectivity index (χ3v) is 6.63. The number of aromatic hydroxyl groups is 1. The summed E-state index contributed by atoms with van der Waals surface area (Å²) in [5.74, 6) is 1.49. The molecule has 0 amide bonds. The van der Waals surface area contributed by atoms with Gasteiger partial charge in [0.25, 0.3) is 0 Å². The number of imidazole rings is 1. The van der Waals surface area contributed by atoms with Crippen LogP contribution in [0.15, 0.2) is 36.7 Å². The van der Waals surface area contributed by atoms with Crippen LogP contribution in [0.25, 0.3) is 16.9 Å². The lowest BCUT2D eigenvalue weighted by atomic mass is 10.0. The average Bonchev–Trinajstić information content (AvgIpc) is 3.56. The molecule has 180 valence electrons. The zero-order chi connectivity index (χ0) is 23.5. The summed E-state index contributed by atoms with van der Waals surface area (Å²) in [4.78, 5) is 19.6. The fourth-order valence-corrected chi connectivity index (χ4v) is 4.55. The number of rotatable bonds is 10. The maximum Gasteiger partial charge on any atom is 0.170 e. The van der Waals surface area contributed by atoms with Gasteiger partial charge in [-0.05, 0) is 43.4 Å². The van der Waals surface area contributed by atoms with Crippen molar-refractivity contribution in [3.8, 4) is 28.5 Å². The number of Topliss-reactive ketones (excluding diaryl/α,β-unsaturated/α-hetero) is 1. The van der Waals surface area contributed by atoms with E-state index in [4.69, 9.17) is 9.47 Å². The molecule has 0 unspecified atom stereocenters. The number of hydrogen-bond acceptors (Lipinski definition) is 7. The average molecular weight is 465 g/mol. The Balaban J connectivity index is 1.29. The second-order valence-electron chi connectivity index (χ2n) is 9.17. The molecule has 34 heavy (non-hydrogen) atoms. The summed E-state index contributed by atoms with van der Waals surface area (Å²) in [7, 11) is 1.52. The Labute approximate surface area is 199 Å². The summed E-state index contributed by atoms with van der Waals surface area (Å²) in [5.41, 5.74) is 2.55. The van der Waals surface area contributed by atoms with Crippen LogP contribution in [0.3, 0.4) is 0 Å². The molecule has 0 radical (unpaired) electrons. The lowest BCUT2D eigenvalue weighted by Crippen LogP contribution is -2.43. The number of piperazine rings is 1. The third kappa shape index (κ3) is 5.03. The number of carbonyl (C=O) groups excluding carboxylic acids is 1. The summed E-state index contributed by atoms with van der Waals surface area (Å²) in [6.45, 7) is 6.01. The predicted octanol–water partition coefficient (Wildman–Crippen LogP) is 3.37. The lowest BCUT2D eigenvalue weighted by molar-refractivity contribution is 0.0970. The van der Waals surface area contributed by atoms with Gasteiger partial charge < -0.3 is 24.8 Å². The summed E-state index contributed by atoms with van der Waals surface area (Å²) in [6, 6.07) is 7.25. The highest BCUT2D eigenvalue weighted by atomic mass is 16.5. The van der Waals surface area contributed by atoms with E-state index in [1.165, 1.54) is 7.11 Å². The Morgan fingerprint density at radius 2 is 2.06 bits per heavy atom. The Morgan fingerprint density at radius 1 is 1.24 bits per heavy atom. The quantitative estimate of drug-likeness (QED) is 0.351. The summed E-state index contributed by atoms with van der Waals surface area (Å²) >= 11 is 0. The van der Waals surface area contributed by atoms with E-state index in [2.05, 4.69) is 15.2 Å². The van der Waals surface area contributed by atoms with Gasteiger partial charge in [0.05, 0.1) is 25.6 Å². The smallest absolute Gasteiger partial charge is 0.170 e. The van der Waals surface area contributed by atoms with Gasteiger partial charge in [0.15, 0.2) is 5.78 Å². The number of hydrogen-bond donors (Lipinski definition) is 2. The molecule has 3 aromatic rings. The number of phenolic OH excluding ortho intramolecular Hbond substituents is 1. The number of carbonyl (C=O) groups is 1. The first-order valence-corrected chi connectivity index (χ1v) is 12.1. The number of pyridine rings is 1. The van der Waals surface area contributed by atoms with E-state index in [0.29, 0.717) is 24.7 Å². The van der Waals surface area contributed by atoms with Crippen molar-refractivity contribution in [3.63, 3.8) is 0 Å². The number of aromatic nitrogens is 2. The van der Waals surface area contributed by atoms with Crippen molar-refractivity contribution in [1.29, 1.82) is 0 Å². The van der Waals surface area contributed by atoms with Crippen molar-refractivity contribution < 1.29 is 19.4 Å². The van der Waals surface area contributed by atoms with Crippen molar-refractivity contribution in [3.05, 3.63) is 42.2 Å². The summed E-state index contributed by atoms with van der Waals surface area (Å²) in [5, 5.41) is 14.0. The Bertz CT molecular complexity index is 1170. The fraction of sp³-hybridized carbons (Fsp3) is 0.462. The normalized spacial score (nSPS) is 16.6. The van der Waals surface area contributed by atoms with Gasteiger partial charge in [-0.2, -0.15) is 0 Å². The summed E-state index contributed by atoms with van der Waals surface area (Å²) in [6.07, 6.45) is 7.27. The van der Waals surface area contributed by atoms with Crippen molar-refractivity contribution in [2.45, 2.75) is 25.7 Å². The van der Waals surface area contributed by atoms with Crippen LogP contribution in [-0.2, 0) is 0 Å². The van der Waals surface area contributed by atoms with Gasteiger partial charge in [-0.25, -0.2) is 4.98 Å². The Hall–Kier alpha value is -3.10. The van der Waals surface area contributed by atoms with Crippen LogP contribution in [0.1, 0.15) is 36.0 Å². The molecule has 8 nitrogen and oxygen atoms in total. The second-order valence-corrected chi connectivity index (χ2v) is 9.17. The van der Waals surface area contributed by atoms with E-state index in [-0.39, 0.29) is 17.1 Å². The molecule has 1 aliphatic heterocycles. The first-order valence-electron chi connectivity index (χ1n) is 12.1. The van der Waals surface area contributed by atoms with Crippen LogP contribution in [0, 0.1) is 5.92 Å². The van der Waals surface area contributed by atoms with Crippen molar-refractivity contribution in [2.75, 3.05) is 46.4 Å². The van der Waals surface area contributed by atoms with E-state index >= 15 is 0 Å². The number of ketones is 1. The molecular weight excluding hydrogens is 432 g/mol. The zero-order valence-corrected chi connectivity index (χ0v) is 19.6. The molecule has 5 rings (SSSR count). The van der Waals surface area contributed by atoms with Gasteiger partial charge in [0.2, 0.25) is 0 Å². The highest BCUT2D eigenvalue weighted by molar-refractivity contribution is 6.02. The monoisotopic (exact) mass is 464 g/mol. The molecular formula is C26H32N4O4. The van der Waals surface area contributed by atoms with Gasteiger partial charge in [0.1, 0.15) is 28.5 Å². The van der Waals surface area contributed by atoms with E-state index in [9.17, 15) is 9.90 Å². The lowest BCUT2D eigenvalue weighted by Gasteiger charge is -2.26. The minimum atomic E-state index is -0.0692. The molecule has 0 spiro atoms. The van der Waals surface area contributed by atoms with Crippen molar-refractivity contribution in [1.82, 2.24) is 19.6 Å². The minimum absolute atomic E-state index is 0.0561. The number of ether oxygens (including phenoxy) is 2. The number of benzene rings is 1. The molecule has 1 aliphatic carbocycles. The van der Waals surface area contributed by atoms with Crippen LogP contribution >= 0.6 is 0 Å². The molecule has 1 saturated carbocycles. The number of methoxy groups -OCH3 is 1. The highest BCUT2D eigenvalue weighted by Crippen LogP contribution is 2.39. The number of phenols is 1. The molecule has 2 N–H and O–H groups in total. The predicted molar refractivity (Wildman–Crippen MR) is 130 cm³/mol. The van der Waals surface area contributed by atoms with Crippen molar-refractivity contribution in [2.24, 2.45) is 5.92 Å². The molecule has 8 heteroatoms. The third-order valence-electron chi connectivity index (χ3n) is 6.63. The molecule has 3 heterocycles. The topological polar surface area (TPSA) is 88.3 Å². The highest BCUT2D eigenvalue weighted by Gasteiger charge is 2.28. The first kappa shape index (κ1) is 22.7. The van der Waals surface area contributed by atoms with Gasteiger partial charge in [-0.1, -0.05) is 0 Å². The first-order chi connectivity index (χ1) is 16.6. The SMILES string of the molecule is COc1cc(-c2cnc3cc(OCCCN4CCNCC4)ccn23)cc(O)c1C(=O)CC1CC1.